The topological polar surface area (TPSA) is 9.72 Å². The van der Waals surface area contributed by atoms with Crippen molar-refractivity contribution in [1.82, 2.24) is 0 Å². The standard InChI is InChI=1S/C46H42BN3/c1-45-29-17-3-4-18-30-46(45,2)50(39-26-14-11-23-36(39)45)35-31-42-44-43(32-35)49(34-21-9-6-10-22-34)41-28-16-13-25-38(41)47(44)37-24-12-15-27-40(37)48(42)33-19-7-5-8-20-33/h5-16,19-28,31-32H,3-4,17-18,29-30H2,1-2H3. The third-order valence-corrected chi connectivity index (χ3v) is 12.7. The predicted octanol–water partition coefficient (Wildman–Crippen LogP) is 10.3. The molecule has 0 spiro atoms. The van der Waals surface area contributed by atoms with Gasteiger partial charge in [0.15, 0.2) is 0 Å². The van der Waals surface area contributed by atoms with Crippen LogP contribution < -0.4 is 31.1 Å². The molecule has 6 aromatic carbocycles. The third kappa shape index (κ3) is 4.05. The van der Waals surface area contributed by atoms with Gasteiger partial charge in [0.25, 0.3) is 6.71 Å². The molecule has 3 nitrogen and oxygen atoms in total. The van der Waals surface area contributed by atoms with Crippen molar-refractivity contribution >= 4 is 68.6 Å². The summed E-state index contributed by atoms with van der Waals surface area (Å²) in [5.74, 6) is 0. The molecule has 0 radical (unpaired) electrons. The van der Waals surface area contributed by atoms with Gasteiger partial charge in [-0.2, -0.15) is 0 Å². The molecule has 3 heterocycles. The Hall–Kier alpha value is -5.22. The van der Waals surface area contributed by atoms with E-state index >= 15 is 0 Å². The smallest absolute Gasteiger partial charge is 0.252 e. The second-order valence-electron chi connectivity index (χ2n) is 15.2. The van der Waals surface area contributed by atoms with Gasteiger partial charge in [-0.05, 0) is 96.3 Å². The lowest BCUT2D eigenvalue weighted by Crippen LogP contribution is -2.61. The maximum atomic E-state index is 2.77. The minimum atomic E-state index is -0.0637. The Kier molecular flexibility index (Phi) is 6.62. The Bertz CT molecular complexity index is 2140. The molecule has 0 aromatic heterocycles. The Morgan fingerprint density at radius 3 is 1.52 bits per heavy atom. The molecule has 0 saturated heterocycles. The Balaban J connectivity index is 1.31. The van der Waals surface area contributed by atoms with Crippen LogP contribution >= 0.6 is 0 Å². The van der Waals surface area contributed by atoms with Crippen LogP contribution in [0.3, 0.4) is 0 Å². The summed E-state index contributed by atoms with van der Waals surface area (Å²) in [7, 11) is 0. The maximum absolute atomic E-state index is 2.77. The van der Waals surface area contributed by atoms with Crippen LogP contribution in [0.25, 0.3) is 0 Å². The van der Waals surface area contributed by atoms with Gasteiger partial charge in [-0.15, -0.1) is 0 Å². The van der Waals surface area contributed by atoms with Gasteiger partial charge < -0.3 is 14.7 Å². The van der Waals surface area contributed by atoms with Gasteiger partial charge in [0.2, 0.25) is 0 Å². The highest BCUT2D eigenvalue weighted by molar-refractivity contribution is 7.00. The minimum Gasteiger partial charge on any atom is -0.334 e. The summed E-state index contributed by atoms with van der Waals surface area (Å²) in [5.41, 5.74) is 15.6. The molecule has 50 heavy (non-hydrogen) atoms. The van der Waals surface area contributed by atoms with Crippen LogP contribution in [0.1, 0.15) is 57.9 Å². The zero-order chi connectivity index (χ0) is 33.5. The molecule has 4 aliphatic rings. The molecule has 2 atom stereocenters. The van der Waals surface area contributed by atoms with Gasteiger partial charge in [0.05, 0.1) is 5.54 Å². The van der Waals surface area contributed by atoms with Gasteiger partial charge in [-0.25, -0.2) is 0 Å². The largest absolute Gasteiger partial charge is 0.334 e. The SMILES string of the molecule is CC12CCCCCCC1(C)N(c1cc3c4c(c1)N(c1ccccc1)c1ccccc1B4c1ccccc1N3c1ccccc1)c1ccccc12. The molecule has 1 fully saturated rings. The molecule has 1 aliphatic carbocycles. The summed E-state index contributed by atoms with van der Waals surface area (Å²) in [6.45, 7) is 5.25. The van der Waals surface area contributed by atoms with Gasteiger partial charge in [-0.1, -0.05) is 124 Å². The van der Waals surface area contributed by atoms with Crippen molar-refractivity contribution in [3.05, 3.63) is 151 Å². The van der Waals surface area contributed by atoms with Crippen molar-refractivity contribution in [3.8, 4) is 0 Å². The van der Waals surface area contributed by atoms with Crippen molar-refractivity contribution in [1.29, 1.82) is 0 Å². The van der Waals surface area contributed by atoms with Crippen LogP contribution in [0.4, 0.5) is 45.5 Å². The van der Waals surface area contributed by atoms with Crippen molar-refractivity contribution in [3.63, 3.8) is 0 Å². The number of para-hydroxylation sites is 5. The quantitative estimate of drug-likeness (QED) is 0.177. The number of hydrogen-bond acceptors (Lipinski definition) is 3. The second-order valence-corrected chi connectivity index (χ2v) is 15.2. The first-order valence-electron chi connectivity index (χ1n) is 18.5. The highest BCUT2D eigenvalue weighted by Crippen LogP contribution is 2.60. The van der Waals surface area contributed by atoms with Crippen molar-refractivity contribution in [2.24, 2.45) is 0 Å². The fourth-order valence-corrected chi connectivity index (χ4v) is 10.2. The minimum absolute atomic E-state index is 0.0527. The summed E-state index contributed by atoms with van der Waals surface area (Å²) in [6.07, 6.45) is 7.55. The lowest BCUT2D eigenvalue weighted by Gasteiger charge is -2.50. The van der Waals surface area contributed by atoms with Crippen LogP contribution in [0.2, 0.25) is 0 Å². The van der Waals surface area contributed by atoms with E-state index in [1.54, 1.807) is 0 Å². The highest BCUT2D eigenvalue weighted by Gasteiger charge is 2.56. The first-order valence-corrected chi connectivity index (χ1v) is 18.5. The summed E-state index contributed by atoms with van der Waals surface area (Å²) in [4.78, 5) is 7.84. The van der Waals surface area contributed by atoms with E-state index < -0.39 is 0 Å². The fraction of sp³-hybridized carbons (Fsp3) is 0.217. The molecule has 10 rings (SSSR count). The molecule has 0 amide bonds. The van der Waals surface area contributed by atoms with Crippen LogP contribution in [0.5, 0.6) is 0 Å². The van der Waals surface area contributed by atoms with Gasteiger partial charge >= 0.3 is 0 Å². The zero-order valence-corrected chi connectivity index (χ0v) is 29.0. The van der Waals surface area contributed by atoms with E-state index in [0.29, 0.717) is 0 Å². The zero-order valence-electron chi connectivity index (χ0n) is 29.0. The second kappa shape index (κ2) is 11.1. The van der Waals surface area contributed by atoms with E-state index in [-0.39, 0.29) is 17.7 Å². The molecule has 4 heteroatoms. The number of fused-ring (bicyclic) bond motifs is 7. The molecular weight excluding hydrogens is 605 g/mol. The average Bonchev–Trinajstić information content (AvgIpc) is 3.34. The third-order valence-electron chi connectivity index (χ3n) is 12.7. The van der Waals surface area contributed by atoms with E-state index in [1.807, 2.05) is 0 Å². The van der Waals surface area contributed by atoms with Crippen molar-refractivity contribution in [2.45, 2.75) is 63.3 Å². The molecule has 3 aliphatic heterocycles. The first kappa shape index (κ1) is 29.7. The van der Waals surface area contributed by atoms with E-state index in [9.17, 15) is 0 Å². The highest BCUT2D eigenvalue weighted by atomic mass is 15.3. The van der Waals surface area contributed by atoms with E-state index in [4.69, 9.17) is 0 Å². The van der Waals surface area contributed by atoms with Crippen LogP contribution in [0, 0.1) is 0 Å². The fourth-order valence-electron chi connectivity index (χ4n) is 10.2. The molecule has 244 valence electrons. The molecule has 0 bridgehead atoms. The van der Waals surface area contributed by atoms with E-state index in [1.165, 1.54) is 106 Å². The normalized spacial score (nSPS) is 21.7. The summed E-state index contributed by atoms with van der Waals surface area (Å²) >= 11 is 0. The van der Waals surface area contributed by atoms with E-state index in [2.05, 4.69) is 174 Å². The molecule has 0 N–H and O–H groups in total. The number of benzene rings is 6. The number of rotatable bonds is 3. The number of hydrogen-bond donors (Lipinski definition) is 0. The van der Waals surface area contributed by atoms with E-state index in [0.717, 1.165) is 0 Å². The van der Waals surface area contributed by atoms with Gasteiger partial charge in [0, 0.05) is 50.9 Å². The van der Waals surface area contributed by atoms with Crippen molar-refractivity contribution < 1.29 is 0 Å². The lowest BCUT2D eigenvalue weighted by atomic mass is 9.33. The average molecular weight is 648 g/mol. The van der Waals surface area contributed by atoms with Crippen LogP contribution in [-0.4, -0.2) is 12.3 Å². The maximum Gasteiger partial charge on any atom is 0.252 e. The Labute approximate surface area is 296 Å². The van der Waals surface area contributed by atoms with Gasteiger partial charge in [0.1, 0.15) is 0 Å². The monoisotopic (exact) mass is 647 g/mol. The Morgan fingerprint density at radius 1 is 0.460 bits per heavy atom. The lowest BCUT2D eigenvalue weighted by molar-refractivity contribution is 0.218. The summed E-state index contributed by atoms with van der Waals surface area (Å²) < 4.78 is 0. The summed E-state index contributed by atoms with van der Waals surface area (Å²) in [5, 5.41) is 0. The first-order chi connectivity index (χ1) is 24.6. The molecule has 2 unspecified atom stereocenters. The number of nitrogens with zero attached hydrogens (tertiary/aromatic N) is 3. The molecule has 6 aromatic rings. The predicted molar refractivity (Wildman–Crippen MR) is 213 cm³/mol. The van der Waals surface area contributed by atoms with Crippen LogP contribution in [0.15, 0.2) is 146 Å². The van der Waals surface area contributed by atoms with Crippen LogP contribution in [-0.2, 0) is 5.41 Å². The summed E-state index contributed by atoms with van der Waals surface area (Å²) in [6, 6.07) is 54.6. The Morgan fingerprint density at radius 2 is 0.940 bits per heavy atom. The van der Waals surface area contributed by atoms with Gasteiger partial charge in [-0.3, -0.25) is 0 Å². The molecule has 1 saturated carbocycles. The molecular formula is C46H42BN3. The van der Waals surface area contributed by atoms with Crippen molar-refractivity contribution in [2.75, 3.05) is 14.7 Å². The number of anilines is 8.